The summed E-state index contributed by atoms with van der Waals surface area (Å²) in [5.41, 5.74) is 0.715. The third-order valence-electron chi connectivity index (χ3n) is 6.87. The Hall–Kier alpha value is -4.11. The first kappa shape index (κ1) is 21.7. The number of aromatic nitrogens is 1. The average molecular weight is 458 g/mol. The minimum Gasteiger partial charge on any atom is -0.497 e. The first-order valence-corrected chi connectivity index (χ1v) is 10.8. The van der Waals surface area contributed by atoms with Gasteiger partial charge in [0.05, 0.1) is 18.0 Å². The number of benzene rings is 2. The fraction of sp³-hybridized carbons (Fsp3) is 0.240. The van der Waals surface area contributed by atoms with Crippen molar-refractivity contribution in [3.63, 3.8) is 0 Å². The number of anilines is 1. The molecule has 0 aliphatic carbocycles. The van der Waals surface area contributed by atoms with Crippen LogP contribution in [0.25, 0.3) is 0 Å². The van der Waals surface area contributed by atoms with Crippen molar-refractivity contribution < 1.29 is 19.2 Å². The predicted octanol–water partition coefficient (Wildman–Crippen LogP) is 3.37. The smallest absolute Gasteiger partial charge is 0.269 e. The molecule has 9 heteroatoms. The minimum atomic E-state index is -1.33. The van der Waals surface area contributed by atoms with Gasteiger partial charge in [0.25, 0.3) is 5.69 Å². The second-order valence-electron chi connectivity index (χ2n) is 8.53. The van der Waals surface area contributed by atoms with Crippen molar-refractivity contribution >= 4 is 23.1 Å². The van der Waals surface area contributed by atoms with Crippen molar-refractivity contribution in [1.82, 2.24) is 9.88 Å². The number of likely N-dealkylation sites (N-methyl/N-ethyl adjacent to an activating group) is 1. The molecule has 0 saturated carbocycles. The Morgan fingerprint density at radius 2 is 2.03 bits per heavy atom. The molecule has 5 rings (SSSR count). The van der Waals surface area contributed by atoms with Crippen LogP contribution in [0.2, 0.25) is 0 Å². The van der Waals surface area contributed by atoms with Gasteiger partial charge in [-0.1, -0.05) is 18.2 Å². The zero-order chi connectivity index (χ0) is 24.0. The Labute approximate surface area is 195 Å². The molecule has 2 aliphatic heterocycles. The maximum atomic E-state index is 14.0. The van der Waals surface area contributed by atoms with E-state index >= 15 is 0 Å². The molecule has 0 radical (unpaired) electrons. The van der Waals surface area contributed by atoms with Crippen LogP contribution in [-0.4, -0.2) is 47.2 Å². The minimum absolute atomic E-state index is 0.0666. The summed E-state index contributed by atoms with van der Waals surface area (Å²) in [6.45, 7) is 0.342. The quantitative estimate of drug-likeness (QED) is 0.354. The molecule has 1 unspecified atom stereocenters. The fourth-order valence-corrected chi connectivity index (χ4v) is 5.38. The molecule has 1 saturated heterocycles. The summed E-state index contributed by atoms with van der Waals surface area (Å²) >= 11 is 0. The van der Waals surface area contributed by atoms with Crippen LogP contribution in [0.5, 0.6) is 5.75 Å². The van der Waals surface area contributed by atoms with E-state index in [1.807, 2.05) is 4.90 Å². The fourth-order valence-electron chi connectivity index (χ4n) is 5.38. The van der Waals surface area contributed by atoms with Gasteiger partial charge in [0.1, 0.15) is 17.0 Å². The van der Waals surface area contributed by atoms with Crippen molar-refractivity contribution in [1.29, 1.82) is 0 Å². The van der Waals surface area contributed by atoms with E-state index in [1.165, 1.54) is 18.3 Å². The largest absolute Gasteiger partial charge is 0.497 e. The number of nitro benzene ring substituents is 1. The van der Waals surface area contributed by atoms with Crippen molar-refractivity contribution in [2.75, 3.05) is 26.0 Å². The van der Waals surface area contributed by atoms with Gasteiger partial charge in [-0.15, -0.1) is 0 Å². The number of nitro groups is 1. The SMILES string of the molecule is COc1ccc2c(c1)[C@]1(C(=O)N2)C(C(=O)c2ccccn2)[C@@H](c2cccc([N+](=O)[O-])c2)CN1C. The Morgan fingerprint density at radius 3 is 2.74 bits per heavy atom. The molecule has 1 spiro atoms. The van der Waals surface area contributed by atoms with Crippen LogP contribution in [0.3, 0.4) is 0 Å². The maximum absolute atomic E-state index is 14.0. The van der Waals surface area contributed by atoms with Gasteiger partial charge in [-0.25, -0.2) is 0 Å². The molecule has 1 fully saturated rings. The first-order valence-electron chi connectivity index (χ1n) is 10.8. The number of rotatable bonds is 5. The van der Waals surface area contributed by atoms with E-state index < -0.39 is 22.3 Å². The summed E-state index contributed by atoms with van der Waals surface area (Å²) < 4.78 is 5.42. The molecule has 2 aliphatic rings. The van der Waals surface area contributed by atoms with Crippen molar-refractivity contribution in [3.8, 4) is 5.75 Å². The molecule has 1 amide bonds. The highest BCUT2D eigenvalue weighted by Crippen LogP contribution is 2.56. The molecule has 1 N–H and O–H groups in total. The lowest BCUT2D eigenvalue weighted by Gasteiger charge is -2.35. The summed E-state index contributed by atoms with van der Waals surface area (Å²) in [5.74, 6) is -1.41. The standard InChI is InChI=1S/C25H22N4O5/c1-28-14-18(15-6-5-7-16(12-15)29(32)33)22(23(30)21-8-3-4-11-26-21)25(28)19-13-17(34-2)9-10-20(19)27-24(25)31/h3-13,18,22H,14H2,1-2H3,(H,27,31)/t18-,22?,25-/m1/s1. The second kappa shape index (κ2) is 8.03. The summed E-state index contributed by atoms with van der Waals surface area (Å²) in [6.07, 6.45) is 1.53. The van der Waals surface area contributed by atoms with E-state index in [4.69, 9.17) is 4.74 Å². The van der Waals surface area contributed by atoms with Crippen LogP contribution < -0.4 is 10.1 Å². The number of hydrogen-bond donors (Lipinski definition) is 1. The van der Waals surface area contributed by atoms with E-state index in [9.17, 15) is 19.7 Å². The molecule has 34 heavy (non-hydrogen) atoms. The van der Waals surface area contributed by atoms with Gasteiger partial charge in [0.15, 0.2) is 5.78 Å². The van der Waals surface area contributed by atoms with E-state index in [0.29, 0.717) is 29.1 Å². The number of fused-ring (bicyclic) bond motifs is 2. The summed E-state index contributed by atoms with van der Waals surface area (Å²) in [4.78, 5) is 44.8. The highest BCUT2D eigenvalue weighted by molar-refractivity contribution is 6.12. The number of pyridine rings is 1. The lowest BCUT2D eigenvalue weighted by atomic mass is 9.71. The van der Waals surface area contributed by atoms with E-state index in [0.717, 1.165) is 0 Å². The second-order valence-corrected chi connectivity index (χ2v) is 8.53. The molecule has 172 valence electrons. The number of ether oxygens (including phenoxy) is 1. The van der Waals surface area contributed by atoms with E-state index in [1.54, 1.807) is 62.7 Å². The van der Waals surface area contributed by atoms with Crippen LogP contribution in [0.15, 0.2) is 66.9 Å². The number of nitrogens with zero attached hydrogens (tertiary/aromatic N) is 3. The topological polar surface area (TPSA) is 115 Å². The van der Waals surface area contributed by atoms with Gasteiger partial charge in [-0.3, -0.25) is 29.6 Å². The molecule has 0 bridgehead atoms. The summed E-state index contributed by atoms with van der Waals surface area (Å²) in [6, 6.07) is 16.6. The van der Waals surface area contributed by atoms with Crippen LogP contribution >= 0.6 is 0 Å². The van der Waals surface area contributed by atoms with Crippen LogP contribution in [-0.2, 0) is 10.3 Å². The lowest BCUT2D eigenvalue weighted by Crippen LogP contribution is -2.51. The molecule has 3 atom stereocenters. The van der Waals surface area contributed by atoms with Crippen molar-refractivity contribution in [2.45, 2.75) is 11.5 Å². The van der Waals surface area contributed by atoms with E-state index in [2.05, 4.69) is 10.3 Å². The highest BCUT2D eigenvalue weighted by atomic mass is 16.6. The Kier molecular flexibility index (Phi) is 5.13. The molecule has 3 aromatic rings. The molecule has 9 nitrogen and oxygen atoms in total. The number of nitrogens with one attached hydrogen (secondary N) is 1. The van der Waals surface area contributed by atoms with Crippen molar-refractivity contribution in [2.24, 2.45) is 5.92 Å². The number of carbonyl (C=O) groups is 2. The highest BCUT2D eigenvalue weighted by Gasteiger charge is 2.64. The maximum Gasteiger partial charge on any atom is 0.269 e. The number of non-ortho nitro benzene ring substituents is 1. The number of methoxy groups -OCH3 is 1. The van der Waals surface area contributed by atoms with Gasteiger partial charge in [-0.2, -0.15) is 0 Å². The first-order chi connectivity index (χ1) is 16.4. The van der Waals surface area contributed by atoms with Crippen LogP contribution in [0, 0.1) is 16.0 Å². The number of hydrogen-bond acceptors (Lipinski definition) is 7. The monoisotopic (exact) mass is 458 g/mol. The molecule has 3 heterocycles. The molecule has 1 aromatic heterocycles. The normalized spacial score (nSPS) is 23.5. The average Bonchev–Trinajstić information content (AvgIpc) is 3.33. The zero-order valence-corrected chi connectivity index (χ0v) is 18.6. The third-order valence-corrected chi connectivity index (χ3v) is 6.87. The van der Waals surface area contributed by atoms with E-state index in [-0.39, 0.29) is 23.1 Å². The Balaban J connectivity index is 1.74. The molecular weight excluding hydrogens is 436 g/mol. The molecular formula is C25H22N4O5. The van der Waals surface area contributed by atoms with Gasteiger partial charge in [0.2, 0.25) is 5.91 Å². The number of likely N-dealkylation sites (tertiary alicyclic amines) is 1. The van der Waals surface area contributed by atoms with Gasteiger partial charge >= 0.3 is 0 Å². The van der Waals surface area contributed by atoms with Gasteiger partial charge < -0.3 is 10.1 Å². The number of Topliss-reactive ketones (excluding diaryl/α,β-unsaturated/α-hetero) is 1. The predicted molar refractivity (Wildman–Crippen MR) is 124 cm³/mol. The number of ketones is 1. The Bertz CT molecular complexity index is 1310. The zero-order valence-electron chi connectivity index (χ0n) is 18.6. The molecule has 2 aromatic carbocycles. The lowest BCUT2D eigenvalue weighted by molar-refractivity contribution is -0.384. The van der Waals surface area contributed by atoms with Crippen LogP contribution in [0.4, 0.5) is 11.4 Å². The summed E-state index contributed by atoms with van der Waals surface area (Å²) in [5, 5.41) is 14.4. The number of amides is 1. The third kappa shape index (κ3) is 3.08. The number of carbonyl (C=O) groups excluding carboxylic acids is 2. The van der Waals surface area contributed by atoms with Crippen molar-refractivity contribution in [3.05, 3.63) is 93.8 Å². The van der Waals surface area contributed by atoms with Gasteiger partial charge in [-0.05, 0) is 42.9 Å². The van der Waals surface area contributed by atoms with Gasteiger partial charge in [0, 0.05) is 42.0 Å². The summed E-state index contributed by atoms with van der Waals surface area (Å²) in [7, 11) is 3.34. The van der Waals surface area contributed by atoms with Crippen LogP contribution in [0.1, 0.15) is 27.5 Å². The Morgan fingerprint density at radius 1 is 1.21 bits per heavy atom.